The summed E-state index contributed by atoms with van der Waals surface area (Å²) in [6.07, 6.45) is 1.66. The second kappa shape index (κ2) is 11.0. The normalized spacial score (nSPS) is 17.8. The zero-order chi connectivity index (χ0) is 24.9. The standard InChI is InChI=1S/C27H26ClN3O3S/c1-4-13-34-26(33)24-18(3)30-27-31(25(24)20-11-8-12-21(28)14-20)22(16-35-27)15-23(32)29-17(2)19-9-6-5-7-10-19/h4-12,14,16-17,25H,1,13,15H2,2-3H3,(H,29,32). The summed E-state index contributed by atoms with van der Waals surface area (Å²) in [5, 5.41) is 6.22. The zero-order valence-corrected chi connectivity index (χ0v) is 21.1. The molecule has 0 radical (unpaired) electrons. The number of ether oxygens (including phenoxy) is 1. The predicted molar refractivity (Wildman–Crippen MR) is 141 cm³/mol. The monoisotopic (exact) mass is 507 g/mol. The SMILES string of the molecule is C=CCOC(=O)C1=C(C)N=C2SC=C(CC(=O)NC(C)c3ccccc3)N2C1c1cccc(Cl)c1. The number of carbonyl (C=O) groups is 2. The highest BCUT2D eigenvalue weighted by Gasteiger charge is 2.41. The van der Waals surface area contributed by atoms with E-state index in [1.54, 1.807) is 13.0 Å². The van der Waals surface area contributed by atoms with Gasteiger partial charge in [-0.05, 0) is 42.5 Å². The van der Waals surface area contributed by atoms with E-state index < -0.39 is 12.0 Å². The Kier molecular flexibility index (Phi) is 7.78. The van der Waals surface area contributed by atoms with Gasteiger partial charge in [-0.15, -0.1) is 0 Å². The van der Waals surface area contributed by atoms with Crippen LogP contribution < -0.4 is 5.32 Å². The molecule has 8 heteroatoms. The van der Waals surface area contributed by atoms with E-state index in [9.17, 15) is 9.59 Å². The predicted octanol–water partition coefficient (Wildman–Crippen LogP) is 5.91. The number of amidine groups is 1. The van der Waals surface area contributed by atoms with Crippen molar-refractivity contribution in [1.82, 2.24) is 10.2 Å². The van der Waals surface area contributed by atoms with Gasteiger partial charge in [-0.25, -0.2) is 9.79 Å². The second-order valence-corrected chi connectivity index (χ2v) is 9.48. The molecule has 0 aromatic heterocycles. The molecule has 2 aromatic rings. The van der Waals surface area contributed by atoms with Crippen LogP contribution in [0.25, 0.3) is 0 Å². The number of rotatable bonds is 8. The Labute approximate surface area is 214 Å². The minimum atomic E-state index is -0.529. The van der Waals surface area contributed by atoms with Gasteiger partial charge in [0, 0.05) is 10.7 Å². The lowest BCUT2D eigenvalue weighted by Crippen LogP contribution is -2.38. The summed E-state index contributed by atoms with van der Waals surface area (Å²) < 4.78 is 5.40. The number of thioether (sulfide) groups is 1. The number of hydrogen-bond acceptors (Lipinski definition) is 6. The van der Waals surface area contributed by atoms with E-state index in [2.05, 4.69) is 16.9 Å². The first-order chi connectivity index (χ1) is 16.9. The molecule has 6 nitrogen and oxygen atoms in total. The number of fused-ring (bicyclic) bond motifs is 1. The molecule has 2 heterocycles. The van der Waals surface area contributed by atoms with E-state index in [4.69, 9.17) is 16.3 Å². The number of carbonyl (C=O) groups excluding carboxylic acids is 2. The lowest BCUT2D eigenvalue weighted by atomic mass is 9.94. The molecule has 2 aliphatic heterocycles. The summed E-state index contributed by atoms with van der Waals surface area (Å²) >= 11 is 7.74. The van der Waals surface area contributed by atoms with Gasteiger partial charge >= 0.3 is 5.97 Å². The third-order valence-corrected chi connectivity index (χ3v) is 6.86. The van der Waals surface area contributed by atoms with Gasteiger partial charge in [-0.2, -0.15) is 0 Å². The molecule has 2 aliphatic rings. The fourth-order valence-electron chi connectivity index (χ4n) is 4.12. The Hall–Kier alpha value is -3.29. The van der Waals surface area contributed by atoms with Gasteiger partial charge in [0.05, 0.1) is 29.8 Å². The number of nitrogens with zero attached hydrogens (tertiary/aromatic N) is 2. The van der Waals surface area contributed by atoms with Crippen molar-refractivity contribution in [3.63, 3.8) is 0 Å². The Balaban J connectivity index is 1.63. The van der Waals surface area contributed by atoms with Crippen LogP contribution in [0, 0.1) is 0 Å². The minimum Gasteiger partial charge on any atom is -0.458 e. The maximum atomic E-state index is 13.1. The van der Waals surface area contributed by atoms with Gasteiger partial charge in [-0.3, -0.25) is 4.79 Å². The van der Waals surface area contributed by atoms with Gasteiger partial charge in [0.25, 0.3) is 0 Å². The maximum Gasteiger partial charge on any atom is 0.338 e. The van der Waals surface area contributed by atoms with Crippen LogP contribution in [0.1, 0.15) is 43.5 Å². The zero-order valence-electron chi connectivity index (χ0n) is 19.5. The summed E-state index contributed by atoms with van der Waals surface area (Å²) in [6, 6.07) is 16.5. The molecule has 2 aromatic carbocycles. The van der Waals surface area contributed by atoms with E-state index in [-0.39, 0.29) is 25.0 Å². The van der Waals surface area contributed by atoms with E-state index in [0.717, 1.165) is 16.8 Å². The third kappa shape index (κ3) is 5.52. The smallest absolute Gasteiger partial charge is 0.338 e. The highest BCUT2D eigenvalue weighted by Crippen LogP contribution is 2.45. The summed E-state index contributed by atoms with van der Waals surface area (Å²) in [7, 11) is 0. The first-order valence-electron chi connectivity index (χ1n) is 11.2. The molecule has 0 aliphatic carbocycles. The number of amides is 1. The van der Waals surface area contributed by atoms with Crippen molar-refractivity contribution in [1.29, 1.82) is 0 Å². The molecule has 0 fully saturated rings. The number of hydrogen-bond donors (Lipinski definition) is 1. The van der Waals surface area contributed by atoms with E-state index >= 15 is 0 Å². The number of allylic oxidation sites excluding steroid dienone is 1. The molecular formula is C27H26ClN3O3S. The van der Waals surface area contributed by atoms with E-state index in [1.807, 2.05) is 65.8 Å². The highest BCUT2D eigenvalue weighted by molar-refractivity contribution is 8.16. The molecule has 1 N–H and O–H groups in total. The second-order valence-electron chi connectivity index (χ2n) is 8.21. The number of esters is 1. The van der Waals surface area contributed by atoms with Crippen LogP contribution >= 0.6 is 23.4 Å². The first-order valence-corrected chi connectivity index (χ1v) is 12.5. The van der Waals surface area contributed by atoms with Crippen LogP contribution in [0.3, 0.4) is 0 Å². The molecule has 0 saturated carbocycles. The van der Waals surface area contributed by atoms with Crippen molar-refractivity contribution in [2.45, 2.75) is 32.4 Å². The minimum absolute atomic E-state index is 0.0890. The molecule has 1 amide bonds. The summed E-state index contributed by atoms with van der Waals surface area (Å²) in [5.41, 5.74) is 3.56. The molecule has 180 valence electrons. The molecule has 2 atom stereocenters. The summed E-state index contributed by atoms with van der Waals surface area (Å²) in [4.78, 5) is 32.7. The third-order valence-electron chi connectivity index (χ3n) is 5.74. The summed E-state index contributed by atoms with van der Waals surface area (Å²) in [5.74, 6) is -0.602. The quantitative estimate of drug-likeness (QED) is 0.355. The Morgan fingerprint density at radius 1 is 1.26 bits per heavy atom. The average molecular weight is 508 g/mol. The highest BCUT2D eigenvalue weighted by atomic mass is 35.5. The molecule has 2 unspecified atom stereocenters. The lowest BCUT2D eigenvalue weighted by molar-refractivity contribution is -0.138. The first kappa shape index (κ1) is 24.8. The maximum absolute atomic E-state index is 13.1. The van der Waals surface area contributed by atoms with Crippen molar-refractivity contribution in [2.75, 3.05) is 6.61 Å². The van der Waals surface area contributed by atoms with E-state index in [1.165, 1.54) is 17.8 Å². The van der Waals surface area contributed by atoms with Gasteiger partial charge in [0.2, 0.25) is 5.91 Å². The van der Waals surface area contributed by atoms with Crippen LogP contribution in [-0.4, -0.2) is 28.6 Å². The fourth-order valence-corrected chi connectivity index (χ4v) is 5.28. The van der Waals surface area contributed by atoms with Gasteiger partial charge < -0.3 is 15.0 Å². The molecule has 0 saturated heterocycles. The van der Waals surface area contributed by atoms with Crippen molar-refractivity contribution >= 4 is 40.4 Å². The number of halogens is 1. The number of nitrogens with one attached hydrogen (secondary N) is 1. The van der Waals surface area contributed by atoms with Crippen molar-refractivity contribution < 1.29 is 14.3 Å². The summed E-state index contributed by atoms with van der Waals surface area (Å²) in [6.45, 7) is 7.45. The van der Waals surface area contributed by atoms with E-state index in [0.29, 0.717) is 21.5 Å². The number of benzene rings is 2. The largest absolute Gasteiger partial charge is 0.458 e. The van der Waals surface area contributed by atoms with Gasteiger partial charge in [0.15, 0.2) is 5.17 Å². The molecular weight excluding hydrogens is 482 g/mol. The van der Waals surface area contributed by atoms with Gasteiger partial charge in [-0.1, -0.05) is 78.5 Å². The molecule has 35 heavy (non-hydrogen) atoms. The topological polar surface area (TPSA) is 71.0 Å². The van der Waals surface area contributed by atoms with Crippen molar-refractivity contribution in [2.24, 2.45) is 4.99 Å². The Morgan fingerprint density at radius 3 is 2.74 bits per heavy atom. The molecule has 0 spiro atoms. The molecule has 0 bridgehead atoms. The fraction of sp³-hybridized carbons (Fsp3) is 0.222. The average Bonchev–Trinajstić information content (AvgIpc) is 3.23. The van der Waals surface area contributed by atoms with Crippen LogP contribution in [0.5, 0.6) is 0 Å². The molecule has 4 rings (SSSR count). The Bertz CT molecular complexity index is 1240. The van der Waals surface area contributed by atoms with Crippen molar-refractivity contribution in [3.8, 4) is 0 Å². The lowest BCUT2D eigenvalue weighted by Gasteiger charge is -2.36. The van der Waals surface area contributed by atoms with Crippen LogP contribution in [0.2, 0.25) is 5.02 Å². The van der Waals surface area contributed by atoms with Crippen LogP contribution in [0.4, 0.5) is 0 Å². The number of aliphatic imine (C=N–C) groups is 1. The Morgan fingerprint density at radius 2 is 2.03 bits per heavy atom. The van der Waals surface area contributed by atoms with Crippen LogP contribution in [0.15, 0.2) is 94.6 Å². The van der Waals surface area contributed by atoms with Crippen LogP contribution in [-0.2, 0) is 14.3 Å². The van der Waals surface area contributed by atoms with Crippen molar-refractivity contribution in [3.05, 3.63) is 106 Å². The van der Waals surface area contributed by atoms with Gasteiger partial charge in [0.1, 0.15) is 6.61 Å².